The van der Waals surface area contributed by atoms with Crippen molar-refractivity contribution in [2.45, 2.75) is 6.23 Å². The molecular weight excluding hydrogens is 240 g/mol. The highest BCUT2D eigenvalue weighted by molar-refractivity contribution is 5.65. The van der Waals surface area contributed by atoms with Gasteiger partial charge in [-0.25, -0.2) is 0 Å². The van der Waals surface area contributed by atoms with E-state index in [9.17, 15) is 0 Å². The molecule has 0 bridgehead atoms. The van der Waals surface area contributed by atoms with Gasteiger partial charge in [0.1, 0.15) is 5.75 Å². The molecule has 5 nitrogen and oxygen atoms in total. The van der Waals surface area contributed by atoms with E-state index < -0.39 is 0 Å². The molecule has 4 rings (SSSR count). The van der Waals surface area contributed by atoms with E-state index in [1.54, 1.807) is 4.68 Å². The van der Waals surface area contributed by atoms with Crippen molar-refractivity contribution >= 4 is 0 Å². The zero-order valence-corrected chi connectivity index (χ0v) is 9.97. The normalized spacial score (nSPS) is 16.3. The first-order chi connectivity index (χ1) is 9.43. The minimum absolute atomic E-state index is 0.318. The van der Waals surface area contributed by atoms with Crippen molar-refractivity contribution in [2.24, 2.45) is 0 Å². The molecule has 1 unspecified atom stereocenters. The van der Waals surface area contributed by atoms with Crippen LogP contribution in [0.1, 0.15) is 11.8 Å². The van der Waals surface area contributed by atoms with Gasteiger partial charge in [-0.1, -0.05) is 42.5 Å². The summed E-state index contributed by atoms with van der Waals surface area (Å²) in [7, 11) is 0. The summed E-state index contributed by atoms with van der Waals surface area (Å²) in [5.74, 6) is 1.54. The Morgan fingerprint density at radius 1 is 0.947 bits per heavy atom. The fourth-order valence-electron chi connectivity index (χ4n) is 2.28. The van der Waals surface area contributed by atoms with Crippen LogP contribution in [0.15, 0.2) is 54.6 Å². The van der Waals surface area contributed by atoms with Gasteiger partial charge in [0, 0.05) is 5.56 Å². The third-order valence-electron chi connectivity index (χ3n) is 3.17. The van der Waals surface area contributed by atoms with E-state index in [1.165, 1.54) is 0 Å². The van der Waals surface area contributed by atoms with Crippen molar-refractivity contribution in [3.05, 3.63) is 60.2 Å². The number of hydrogen-bond acceptors (Lipinski definition) is 4. The fourth-order valence-corrected chi connectivity index (χ4v) is 2.28. The van der Waals surface area contributed by atoms with Crippen LogP contribution in [0.4, 0.5) is 0 Å². The number of fused-ring (bicyclic) bond motifs is 3. The van der Waals surface area contributed by atoms with Crippen LogP contribution in [0, 0.1) is 0 Å². The van der Waals surface area contributed by atoms with Gasteiger partial charge in [-0.2, -0.15) is 4.68 Å². The Hall–Kier alpha value is -2.69. The van der Waals surface area contributed by atoms with Crippen molar-refractivity contribution < 1.29 is 4.74 Å². The standard InChI is InChI=1S/C14H10N4O/c1-2-6-10(7-3-1)14-18-13(15-16-17-18)11-8-4-5-9-12(11)19-14/h1-9,14H. The maximum absolute atomic E-state index is 6.02. The maximum Gasteiger partial charge on any atom is 0.221 e. The molecule has 0 spiro atoms. The van der Waals surface area contributed by atoms with E-state index in [1.807, 2.05) is 54.6 Å². The molecule has 1 atom stereocenters. The number of aromatic nitrogens is 4. The molecule has 0 saturated heterocycles. The first kappa shape index (κ1) is 10.3. The Morgan fingerprint density at radius 3 is 2.63 bits per heavy atom. The molecule has 0 radical (unpaired) electrons. The van der Waals surface area contributed by atoms with Gasteiger partial charge < -0.3 is 4.74 Å². The van der Waals surface area contributed by atoms with Crippen molar-refractivity contribution in [1.82, 2.24) is 20.2 Å². The van der Waals surface area contributed by atoms with Crippen LogP contribution in [0.5, 0.6) is 5.75 Å². The minimum atomic E-state index is -0.318. The van der Waals surface area contributed by atoms with Gasteiger partial charge >= 0.3 is 0 Å². The highest BCUT2D eigenvalue weighted by Gasteiger charge is 2.28. The Bertz CT molecular complexity index is 723. The minimum Gasteiger partial charge on any atom is -0.464 e. The Kier molecular flexibility index (Phi) is 2.11. The predicted octanol–water partition coefficient (Wildman–Crippen LogP) is 2.28. The number of rotatable bonds is 1. The summed E-state index contributed by atoms with van der Waals surface area (Å²) in [5, 5.41) is 11.9. The second kappa shape index (κ2) is 3.91. The Labute approximate surface area is 109 Å². The van der Waals surface area contributed by atoms with Crippen molar-refractivity contribution in [3.63, 3.8) is 0 Å². The molecule has 1 aliphatic heterocycles. The lowest BCUT2D eigenvalue weighted by Gasteiger charge is -2.26. The summed E-state index contributed by atoms with van der Waals surface area (Å²) in [6.45, 7) is 0. The van der Waals surface area contributed by atoms with E-state index >= 15 is 0 Å². The predicted molar refractivity (Wildman–Crippen MR) is 68.5 cm³/mol. The van der Waals surface area contributed by atoms with Gasteiger partial charge in [0.2, 0.25) is 6.23 Å². The topological polar surface area (TPSA) is 52.8 Å². The van der Waals surface area contributed by atoms with Crippen LogP contribution in [0.3, 0.4) is 0 Å². The maximum atomic E-state index is 6.02. The van der Waals surface area contributed by atoms with Gasteiger partial charge in [0.25, 0.3) is 0 Å². The summed E-state index contributed by atoms with van der Waals surface area (Å²) in [4.78, 5) is 0. The lowest BCUT2D eigenvalue weighted by Crippen LogP contribution is -2.23. The van der Waals surface area contributed by atoms with Crippen LogP contribution in [-0.2, 0) is 0 Å². The zero-order valence-electron chi connectivity index (χ0n) is 9.97. The largest absolute Gasteiger partial charge is 0.464 e. The molecule has 1 aliphatic rings. The number of tetrazole rings is 1. The van der Waals surface area contributed by atoms with E-state index in [4.69, 9.17) is 4.74 Å². The number of hydrogen-bond donors (Lipinski definition) is 0. The summed E-state index contributed by atoms with van der Waals surface area (Å²) in [6.07, 6.45) is -0.318. The molecule has 0 saturated carbocycles. The molecule has 19 heavy (non-hydrogen) atoms. The third-order valence-corrected chi connectivity index (χ3v) is 3.17. The lowest BCUT2D eigenvalue weighted by molar-refractivity contribution is 0.151. The molecule has 5 heteroatoms. The second-order valence-electron chi connectivity index (χ2n) is 4.32. The molecule has 0 fully saturated rings. The summed E-state index contributed by atoms with van der Waals surface area (Å²) in [6, 6.07) is 17.7. The molecule has 2 aromatic carbocycles. The van der Waals surface area contributed by atoms with Crippen molar-refractivity contribution in [1.29, 1.82) is 0 Å². The van der Waals surface area contributed by atoms with E-state index in [0.29, 0.717) is 0 Å². The van der Waals surface area contributed by atoms with Crippen LogP contribution in [0.2, 0.25) is 0 Å². The molecule has 3 aromatic rings. The van der Waals surface area contributed by atoms with Gasteiger partial charge in [0.05, 0.1) is 5.56 Å². The number of para-hydroxylation sites is 1. The fraction of sp³-hybridized carbons (Fsp3) is 0.0714. The van der Waals surface area contributed by atoms with E-state index in [-0.39, 0.29) is 6.23 Å². The number of ether oxygens (including phenoxy) is 1. The second-order valence-corrected chi connectivity index (χ2v) is 4.32. The molecular formula is C14H10N4O. The van der Waals surface area contributed by atoms with Crippen molar-refractivity contribution in [3.8, 4) is 17.1 Å². The van der Waals surface area contributed by atoms with E-state index in [2.05, 4.69) is 15.5 Å². The van der Waals surface area contributed by atoms with Crippen molar-refractivity contribution in [2.75, 3.05) is 0 Å². The van der Waals surface area contributed by atoms with E-state index in [0.717, 1.165) is 22.7 Å². The van der Waals surface area contributed by atoms with Crippen LogP contribution < -0.4 is 4.74 Å². The lowest BCUT2D eigenvalue weighted by atomic mass is 10.1. The Balaban J connectivity index is 1.91. The highest BCUT2D eigenvalue weighted by Crippen LogP contribution is 2.37. The van der Waals surface area contributed by atoms with Gasteiger partial charge in [-0.05, 0) is 22.6 Å². The molecule has 1 aromatic heterocycles. The van der Waals surface area contributed by atoms with Crippen LogP contribution in [-0.4, -0.2) is 20.2 Å². The number of nitrogens with zero attached hydrogens (tertiary/aromatic N) is 4. The summed E-state index contributed by atoms with van der Waals surface area (Å²) in [5.41, 5.74) is 1.94. The quantitative estimate of drug-likeness (QED) is 0.665. The third kappa shape index (κ3) is 1.52. The van der Waals surface area contributed by atoms with Gasteiger partial charge in [0.15, 0.2) is 5.82 Å². The zero-order chi connectivity index (χ0) is 12.7. The average Bonchev–Trinajstić information content (AvgIpc) is 2.97. The van der Waals surface area contributed by atoms with Crippen LogP contribution >= 0.6 is 0 Å². The van der Waals surface area contributed by atoms with Gasteiger partial charge in [-0.3, -0.25) is 0 Å². The summed E-state index contributed by atoms with van der Waals surface area (Å²) >= 11 is 0. The van der Waals surface area contributed by atoms with Gasteiger partial charge in [-0.15, -0.1) is 5.10 Å². The Morgan fingerprint density at radius 2 is 1.74 bits per heavy atom. The molecule has 0 aliphatic carbocycles. The summed E-state index contributed by atoms with van der Waals surface area (Å²) < 4.78 is 7.73. The first-order valence-corrected chi connectivity index (χ1v) is 6.02. The molecule has 2 heterocycles. The average molecular weight is 250 g/mol. The smallest absolute Gasteiger partial charge is 0.221 e. The monoisotopic (exact) mass is 250 g/mol. The SMILES string of the molecule is c1ccc(C2Oc3ccccc3-c3nnnn32)cc1. The molecule has 0 N–H and O–H groups in total. The first-order valence-electron chi connectivity index (χ1n) is 6.02. The van der Waals surface area contributed by atoms with Crippen LogP contribution in [0.25, 0.3) is 11.4 Å². The molecule has 0 amide bonds. The molecule has 92 valence electrons. The number of benzene rings is 2. The highest BCUT2D eigenvalue weighted by atomic mass is 16.5.